The van der Waals surface area contributed by atoms with Crippen molar-refractivity contribution in [2.75, 3.05) is 4.72 Å². The highest BCUT2D eigenvalue weighted by Crippen LogP contribution is 2.26. The molecule has 1 heterocycles. The molecule has 0 spiro atoms. The van der Waals surface area contributed by atoms with Gasteiger partial charge in [-0.3, -0.25) is 9.71 Å². The smallest absolute Gasteiger partial charge is 0.262 e. The number of nitrogens with zero attached hydrogens (tertiary/aromatic N) is 1. The summed E-state index contributed by atoms with van der Waals surface area (Å²) < 4.78 is 27.5. The van der Waals surface area contributed by atoms with Crippen LogP contribution in [0, 0.1) is 0 Å². The Morgan fingerprint density at radius 1 is 0.955 bits per heavy atom. The number of para-hydroxylation sites is 1. The number of hydrogen-bond donors (Lipinski definition) is 1. The molecule has 4 nitrogen and oxygen atoms in total. The lowest BCUT2D eigenvalue weighted by molar-refractivity contribution is 0.601. The van der Waals surface area contributed by atoms with Gasteiger partial charge in [0.1, 0.15) is 0 Å². The Balaban J connectivity index is 2.07. The van der Waals surface area contributed by atoms with Crippen LogP contribution in [0.3, 0.4) is 0 Å². The second kappa shape index (κ2) is 5.76. The third-order valence-corrected chi connectivity index (χ3v) is 4.80. The number of nitrogens with one attached hydrogen (secondary N) is 1. The molecule has 0 unspecified atom stereocenters. The quantitative estimate of drug-likeness (QED) is 0.762. The molecule has 7 heteroatoms. The summed E-state index contributed by atoms with van der Waals surface area (Å²) in [7, 11) is -3.81. The average molecular weight is 353 g/mol. The van der Waals surface area contributed by atoms with E-state index in [1.807, 2.05) is 12.1 Å². The van der Waals surface area contributed by atoms with Gasteiger partial charge >= 0.3 is 0 Å². The van der Waals surface area contributed by atoms with E-state index in [1.54, 1.807) is 24.4 Å². The largest absolute Gasteiger partial charge is 0.277 e. The highest BCUT2D eigenvalue weighted by molar-refractivity contribution is 7.92. The van der Waals surface area contributed by atoms with Crippen molar-refractivity contribution in [3.8, 4) is 0 Å². The van der Waals surface area contributed by atoms with Gasteiger partial charge in [0, 0.05) is 21.6 Å². The number of rotatable bonds is 3. The van der Waals surface area contributed by atoms with Crippen molar-refractivity contribution in [2.24, 2.45) is 0 Å². The summed E-state index contributed by atoms with van der Waals surface area (Å²) in [5, 5.41) is 1.35. The second-order valence-electron chi connectivity index (χ2n) is 4.59. The predicted molar refractivity (Wildman–Crippen MR) is 89.0 cm³/mol. The predicted octanol–water partition coefficient (Wildman–Crippen LogP) is 4.34. The molecule has 112 valence electrons. The number of halogens is 2. The minimum absolute atomic E-state index is 0.00191. The summed E-state index contributed by atoms with van der Waals surface area (Å²) in [6.45, 7) is 0. The molecule has 0 fully saturated rings. The van der Waals surface area contributed by atoms with Gasteiger partial charge in [-0.15, -0.1) is 0 Å². The Morgan fingerprint density at radius 3 is 2.36 bits per heavy atom. The van der Waals surface area contributed by atoms with Crippen molar-refractivity contribution in [1.82, 2.24) is 4.98 Å². The lowest BCUT2D eigenvalue weighted by Gasteiger charge is -2.10. The van der Waals surface area contributed by atoms with E-state index >= 15 is 0 Å². The van der Waals surface area contributed by atoms with Crippen LogP contribution in [0.4, 0.5) is 5.69 Å². The van der Waals surface area contributed by atoms with Crippen molar-refractivity contribution in [3.05, 3.63) is 64.8 Å². The average Bonchev–Trinajstić information content (AvgIpc) is 2.46. The standard InChI is InChI=1S/C15H10Cl2N2O2S/c16-11-7-12(17)9-13(8-11)22(20,21)19-14-5-1-3-10-4-2-6-18-15(10)14/h1-9,19H. The van der Waals surface area contributed by atoms with E-state index in [9.17, 15) is 8.42 Å². The van der Waals surface area contributed by atoms with E-state index < -0.39 is 10.0 Å². The van der Waals surface area contributed by atoms with E-state index in [0.29, 0.717) is 11.2 Å². The molecule has 0 saturated heterocycles. The van der Waals surface area contributed by atoms with Crippen molar-refractivity contribution < 1.29 is 8.42 Å². The highest BCUT2D eigenvalue weighted by Gasteiger charge is 2.17. The van der Waals surface area contributed by atoms with E-state index in [2.05, 4.69) is 9.71 Å². The molecule has 0 bridgehead atoms. The van der Waals surface area contributed by atoms with Gasteiger partial charge in [-0.25, -0.2) is 8.42 Å². The maximum Gasteiger partial charge on any atom is 0.262 e. The molecule has 0 atom stereocenters. The Bertz CT molecular complexity index is 933. The monoisotopic (exact) mass is 352 g/mol. The van der Waals surface area contributed by atoms with E-state index in [4.69, 9.17) is 23.2 Å². The zero-order valence-corrected chi connectivity index (χ0v) is 13.5. The summed E-state index contributed by atoms with van der Waals surface area (Å²) in [6.07, 6.45) is 1.61. The fraction of sp³-hybridized carbons (Fsp3) is 0. The van der Waals surface area contributed by atoms with Gasteiger partial charge in [0.25, 0.3) is 10.0 Å². The summed E-state index contributed by atoms with van der Waals surface area (Å²) >= 11 is 11.7. The Morgan fingerprint density at radius 2 is 1.64 bits per heavy atom. The maximum atomic E-state index is 12.5. The number of benzene rings is 2. The molecule has 0 radical (unpaired) electrons. The second-order valence-corrected chi connectivity index (χ2v) is 7.15. The van der Waals surface area contributed by atoms with Crippen LogP contribution in [0.5, 0.6) is 0 Å². The summed E-state index contributed by atoms with van der Waals surface area (Å²) in [5.41, 5.74) is 0.968. The minimum Gasteiger partial charge on any atom is -0.277 e. The highest BCUT2D eigenvalue weighted by atomic mass is 35.5. The van der Waals surface area contributed by atoms with Gasteiger partial charge in [-0.1, -0.05) is 41.4 Å². The number of sulfonamides is 1. The van der Waals surface area contributed by atoms with Crippen molar-refractivity contribution in [3.63, 3.8) is 0 Å². The molecule has 0 amide bonds. The molecule has 3 rings (SSSR count). The maximum absolute atomic E-state index is 12.5. The zero-order chi connectivity index (χ0) is 15.7. The summed E-state index contributed by atoms with van der Waals surface area (Å²) in [4.78, 5) is 4.21. The van der Waals surface area contributed by atoms with Gasteiger partial charge < -0.3 is 0 Å². The van der Waals surface area contributed by atoms with E-state index in [0.717, 1.165) is 5.39 Å². The first-order valence-electron chi connectivity index (χ1n) is 6.28. The molecule has 0 aliphatic rings. The van der Waals surface area contributed by atoms with Crippen LogP contribution in [-0.4, -0.2) is 13.4 Å². The first-order chi connectivity index (χ1) is 10.5. The molecule has 0 aliphatic heterocycles. The van der Waals surface area contributed by atoms with Crippen LogP contribution in [0.25, 0.3) is 10.9 Å². The normalized spacial score (nSPS) is 11.5. The molecule has 0 aliphatic carbocycles. The Kier molecular flexibility index (Phi) is 3.95. The zero-order valence-electron chi connectivity index (χ0n) is 11.1. The van der Waals surface area contributed by atoms with Crippen LogP contribution in [0.15, 0.2) is 59.6 Å². The molecule has 1 aromatic heterocycles. The molecular formula is C15H10Cl2N2O2S. The lowest BCUT2D eigenvalue weighted by atomic mass is 10.2. The van der Waals surface area contributed by atoms with Gasteiger partial charge in [-0.2, -0.15) is 0 Å². The number of aromatic nitrogens is 1. The van der Waals surface area contributed by atoms with Crippen molar-refractivity contribution in [2.45, 2.75) is 4.90 Å². The first-order valence-corrected chi connectivity index (χ1v) is 8.52. The molecule has 1 N–H and O–H groups in total. The van der Waals surface area contributed by atoms with Crippen molar-refractivity contribution >= 4 is 49.8 Å². The number of fused-ring (bicyclic) bond motifs is 1. The van der Waals surface area contributed by atoms with Crippen LogP contribution in [0.2, 0.25) is 10.0 Å². The fourth-order valence-electron chi connectivity index (χ4n) is 2.07. The van der Waals surface area contributed by atoms with E-state index in [1.165, 1.54) is 18.2 Å². The van der Waals surface area contributed by atoms with Gasteiger partial charge in [0.05, 0.1) is 16.1 Å². The Hall–Kier alpha value is -1.82. The van der Waals surface area contributed by atoms with E-state index in [-0.39, 0.29) is 14.9 Å². The van der Waals surface area contributed by atoms with Crippen molar-refractivity contribution in [1.29, 1.82) is 0 Å². The van der Waals surface area contributed by atoms with Gasteiger partial charge in [0.15, 0.2) is 0 Å². The van der Waals surface area contributed by atoms with Crippen LogP contribution in [0.1, 0.15) is 0 Å². The van der Waals surface area contributed by atoms with Gasteiger partial charge in [-0.05, 0) is 30.3 Å². The first kappa shape index (κ1) is 15.1. The number of anilines is 1. The Labute approximate surface area is 137 Å². The third-order valence-electron chi connectivity index (χ3n) is 3.02. The molecule has 0 saturated carbocycles. The number of pyridine rings is 1. The van der Waals surface area contributed by atoms with Gasteiger partial charge in [0.2, 0.25) is 0 Å². The lowest BCUT2D eigenvalue weighted by Crippen LogP contribution is -2.13. The SMILES string of the molecule is O=S(=O)(Nc1cccc2cccnc12)c1cc(Cl)cc(Cl)c1. The van der Waals surface area contributed by atoms with Crippen LogP contribution in [-0.2, 0) is 10.0 Å². The molecule has 22 heavy (non-hydrogen) atoms. The summed E-state index contributed by atoms with van der Waals surface area (Å²) in [5.74, 6) is 0. The van der Waals surface area contributed by atoms with Crippen LogP contribution >= 0.6 is 23.2 Å². The fourth-order valence-corrected chi connectivity index (χ4v) is 3.87. The van der Waals surface area contributed by atoms with Crippen LogP contribution < -0.4 is 4.72 Å². The molecule has 2 aromatic carbocycles. The third kappa shape index (κ3) is 3.02. The topological polar surface area (TPSA) is 59.1 Å². The molecule has 3 aromatic rings. The minimum atomic E-state index is -3.81. The summed E-state index contributed by atoms with van der Waals surface area (Å²) in [6, 6.07) is 13.1. The number of hydrogen-bond acceptors (Lipinski definition) is 3. The molecular weight excluding hydrogens is 343 g/mol.